The average molecular weight is 235 g/mol. The largest absolute Gasteiger partial charge is 0.490 e. The molecule has 94 valence electrons. The lowest BCUT2D eigenvalue weighted by molar-refractivity contribution is 0.258. The van der Waals surface area contributed by atoms with E-state index in [2.05, 4.69) is 5.32 Å². The molecule has 0 aliphatic carbocycles. The van der Waals surface area contributed by atoms with Crippen molar-refractivity contribution in [3.05, 3.63) is 24.3 Å². The molecule has 3 nitrogen and oxygen atoms in total. The molecule has 0 spiro atoms. The van der Waals surface area contributed by atoms with Crippen LogP contribution in [0.5, 0.6) is 11.5 Å². The Morgan fingerprint density at radius 2 is 2.00 bits per heavy atom. The highest BCUT2D eigenvalue weighted by Crippen LogP contribution is 2.26. The van der Waals surface area contributed by atoms with Crippen molar-refractivity contribution < 1.29 is 9.47 Å². The third kappa shape index (κ3) is 3.63. The van der Waals surface area contributed by atoms with Gasteiger partial charge in [0.1, 0.15) is 0 Å². The Morgan fingerprint density at radius 3 is 2.65 bits per heavy atom. The minimum atomic E-state index is 0.674. The van der Waals surface area contributed by atoms with E-state index in [0.29, 0.717) is 6.61 Å². The van der Waals surface area contributed by atoms with Crippen molar-refractivity contribution in [2.45, 2.75) is 19.8 Å². The quantitative estimate of drug-likeness (QED) is 0.821. The van der Waals surface area contributed by atoms with Crippen molar-refractivity contribution in [2.75, 3.05) is 26.3 Å². The van der Waals surface area contributed by atoms with Gasteiger partial charge in [-0.3, -0.25) is 0 Å². The molecule has 1 aliphatic heterocycles. The number of ether oxygens (including phenoxy) is 2. The highest BCUT2D eigenvalue weighted by Gasteiger charge is 2.14. The van der Waals surface area contributed by atoms with Crippen LogP contribution in [0.1, 0.15) is 19.8 Å². The molecule has 1 aromatic rings. The van der Waals surface area contributed by atoms with Gasteiger partial charge >= 0.3 is 0 Å². The van der Waals surface area contributed by atoms with Crippen LogP contribution >= 0.6 is 0 Å². The summed E-state index contributed by atoms with van der Waals surface area (Å²) < 4.78 is 11.3. The van der Waals surface area contributed by atoms with Gasteiger partial charge in [0, 0.05) is 0 Å². The smallest absolute Gasteiger partial charge is 0.161 e. The molecule has 3 heteroatoms. The third-order valence-electron chi connectivity index (χ3n) is 3.10. The average Bonchev–Trinajstić information content (AvgIpc) is 2.85. The third-order valence-corrected chi connectivity index (χ3v) is 3.10. The van der Waals surface area contributed by atoms with Crippen molar-refractivity contribution in [3.63, 3.8) is 0 Å². The lowest BCUT2D eigenvalue weighted by Crippen LogP contribution is -2.11. The summed E-state index contributed by atoms with van der Waals surface area (Å²) in [6.07, 6.45) is 2.39. The molecule has 0 amide bonds. The van der Waals surface area contributed by atoms with Gasteiger partial charge in [-0.25, -0.2) is 0 Å². The van der Waals surface area contributed by atoms with Gasteiger partial charge in [0.15, 0.2) is 11.5 Å². The molecule has 2 rings (SSSR count). The van der Waals surface area contributed by atoms with E-state index in [-0.39, 0.29) is 0 Å². The Morgan fingerprint density at radius 1 is 1.24 bits per heavy atom. The summed E-state index contributed by atoms with van der Waals surface area (Å²) in [5.74, 6) is 2.48. The number of benzene rings is 1. The molecule has 0 radical (unpaired) electrons. The first kappa shape index (κ1) is 12.2. The Balaban J connectivity index is 1.80. The molecule has 0 saturated carbocycles. The number of nitrogens with one attached hydrogen (secondary N) is 1. The summed E-state index contributed by atoms with van der Waals surface area (Å²) in [6, 6.07) is 7.88. The van der Waals surface area contributed by atoms with Crippen LogP contribution in [-0.4, -0.2) is 26.3 Å². The molecule has 1 fully saturated rings. The highest BCUT2D eigenvalue weighted by atomic mass is 16.5. The molecule has 1 N–H and O–H groups in total. The summed E-state index contributed by atoms with van der Waals surface area (Å²) in [4.78, 5) is 0. The maximum absolute atomic E-state index is 5.80. The molecule has 0 bridgehead atoms. The summed E-state index contributed by atoms with van der Waals surface area (Å²) in [5, 5.41) is 3.37. The summed E-state index contributed by atoms with van der Waals surface area (Å²) in [5.41, 5.74) is 0. The van der Waals surface area contributed by atoms with E-state index in [1.807, 2.05) is 31.2 Å². The van der Waals surface area contributed by atoms with Gasteiger partial charge in [-0.15, -0.1) is 0 Å². The second-order valence-corrected chi connectivity index (χ2v) is 4.38. The van der Waals surface area contributed by atoms with Crippen LogP contribution < -0.4 is 14.8 Å². The van der Waals surface area contributed by atoms with Crippen LogP contribution in [0.15, 0.2) is 24.3 Å². The van der Waals surface area contributed by atoms with E-state index in [0.717, 1.165) is 43.5 Å². The lowest BCUT2D eigenvalue weighted by atomic mass is 10.1. The van der Waals surface area contributed by atoms with E-state index >= 15 is 0 Å². The fourth-order valence-corrected chi connectivity index (χ4v) is 2.14. The van der Waals surface area contributed by atoms with E-state index in [9.17, 15) is 0 Å². The summed E-state index contributed by atoms with van der Waals surface area (Å²) >= 11 is 0. The summed E-state index contributed by atoms with van der Waals surface area (Å²) in [7, 11) is 0. The minimum Gasteiger partial charge on any atom is -0.490 e. The second kappa shape index (κ2) is 6.50. The Hall–Kier alpha value is -1.22. The van der Waals surface area contributed by atoms with Gasteiger partial charge in [-0.05, 0) is 50.9 Å². The summed E-state index contributed by atoms with van der Waals surface area (Å²) in [6.45, 7) is 5.72. The van der Waals surface area contributed by atoms with Gasteiger partial charge < -0.3 is 14.8 Å². The van der Waals surface area contributed by atoms with Crippen LogP contribution in [0.25, 0.3) is 0 Å². The number of hydrogen-bond acceptors (Lipinski definition) is 3. The molecule has 1 aromatic carbocycles. The minimum absolute atomic E-state index is 0.674. The first-order valence-corrected chi connectivity index (χ1v) is 6.45. The van der Waals surface area contributed by atoms with E-state index in [1.54, 1.807) is 0 Å². The zero-order valence-electron chi connectivity index (χ0n) is 10.4. The molecule has 0 aromatic heterocycles. The molecular formula is C14H21NO2. The fourth-order valence-electron chi connectivity index (χ4n) is 2.14. The van der Waals surface area contributed by atoms with Crippen LogP contribution in [0.3, 0.4) is 0 Å². The monoisotopic (exact) mass is 235 g/mol. The van der Waals surface area contributed by atoms with Crippen molar-refractivity contribution in [1.82, 2.24) is 5.32 Å². The number of rotatable bonds is 6. The molecule has 1 heterocycles. The van der Waals surface area contributed by atoms with Crippen LogP contribution in [0, 0.1) is 5.92 Å². The molecule has 1 saturated heterocycles. The Kier molecular flexibility index (Phi) is 4.68. The molecular weight excluding hydrogens is 214 g/mol. The Bertz CT molecular complexity index is 335. The number of para-hydroxylation sites is 2. The van der Waals surface area contributed by atoms with Gasteiger partial charge in [-0.1, -0.05) is 12.1 Å². The fraction of sp³-hybridized carbons (Fsp3) is 0.571. The van der Waals surface area contributed by atoms with E-state index in [1.165, 1.54) is 6.42 Å². The van der Waals surface area contributed by atoms with Crippen LogP contribution in [0.2, 0.25) is 0 Å². The predicted octanol–water partition coefficient (Wildman–Crippen LogP) is 2.46. The standard InChI is InChI=1S/C14H21NO2/c1-2-16-13-5-3-4-6-14(13)17-10-8-12-7-9-15-11-12/h3-6,12,15H,2,7-11H2,1H3. The van der Waals surface area contributed by atoms with Crippen molar-refractivity contribution in [1.29, 1.82) is 0 Å². The van der Waals surface area contributed by atoms with Crippen LogP contribution in [-0.2, 0) is 0 Å². The van der Waals surface area contributed by atoms with Crippen molar-refractivity contribution in [3.8, 4) is 11.5 Å². The van der Waals surface area contributed by atoms with Gasteiger partial charge in [0.2, 0.25) is 0 Å². The maximum atomic E-state index is 5.80. The number of hydrogen-bond donors (Lipinski definition) is 1. The maximum Gasteiger partial charge on any atom is 0.161 e. The van der Waals surface area contributed by atoms with Gasteiger partial charge in [-0.2, -0.15) is 0 Å². The van der Waals surface area contributed by atoms with Crippen LogP contribution in [0.4, 0.5) is 0 Å². The molecule has 1 unspecified atom stereocenters. The normalized spacial score (nSPS) is 19.2. The van der Waals surface area contributed by atoms with Crippen molar-refractivity contribution >= 4 is 0 Å². The SMILES string of the molecule is CCOc1ccccc1OCCC1CCNC1. The topological polar surface area (TPSA) is 30.5 Å². The van der Waals surface area contributed by atoms with E-state index < -0.39 is 0 Å². The molecule has 17 heavy (non-hydrogen) atoms. The zero-order chi connectivity index (χ0) is 11.9. The van der Waals surface area contributed by atoms with Gasteiger partial charge in [0.25, 0.3) is 0 Å². The molecule has 1 aliphatic rings. The Labute approximate surface area is 103 Å². The lowest BCUT2D eigenvalue weighted by Gasteiger charge is -2.13. The van der Waals surface area contributed by atoms with Gasteiger partial charge in [0.05, 0.1) is 13.2 Å². The van der Waals surface area contributed by atoms with E-state index in [4.69, 9.17) is 9.47 Å². The second-order valence-electron chi connectivity index (χ2n) is 4.38. The first-order valence-electron chi connectivity index (χ1n) is 6.45. The van der Waals surface area contributed by atoms with Crippen molar-refractivity contribution in [2.24, 2.45) is 5.92 Å². The first-order chi connectivity index (χ1) is 8.40. The predicted molar refractivity (Wildman–Crippen MR) is 68.7 cm³/mol. The highest BCUT2D eigenvalue weighted by molar-refractivity contribution is 5.39. The zero-order valence-corrected chi connectivity index (χ0v) is 10.4. The molecule has 1 atom stereocenters.